The molecule has 1 fully saturated rings. The molecule has 1 aliphatic heterocycles. The van der Waals surface area contributed by atoms with E-state index in [9.17, 15) is 15.0 Å². The highest BCUT2D eigenvalue weighted by atomic mass is 16.3. The van der Waals surface area contributed by atoms with Gasteiger partial charge in [-0.15, -0.1) is 0 Å². The van der Waals surface area contributed by atoms with E-state index in [-0.39, 0.29) is 12.5 Å². The van der Waals surface area contributed by atoms with Gasteiger partial charge < -0.3 is 15.3 Å². The summed E-state index contributed by atoms with van der Waals surface area (Å²) < 4.78 is 0. The van der Waals surface area contributed by atoms with Gasteiger partial charge in [-0.2, -0.15) is 0 Å². The molecule has 1 amide bonds. The van der Waals surface area contributed by atoms with Crippen LogP contribution in [0.5, 0.6) is 0 Å². The first kappa shape index (κ1) is 10.4. The molecule has 6 heteroatoms. The van der Waals surface area contributed by atoms with Gasteiger partial charge in [0.05, 0.1) is 12.7 Å². The smallest absolute Gasteiger partial charge is 0.233 e. The van der Waals surface area contributed by atoms with Gasteiger partial charge in [-0.05, 0) is 0 Å². The number of nitrogens with zero attached hydrogens (tertiary/aromatic N) is 1. The zero-order valence-electron chi connectivity index (χ0n) is 7.34. The van der Waals surface area contributed by atoms with Crippen molar-refractivity contribution in [3.63, 3.8) is 0 Å². The number of carbonyl (C=O) groups excluding carboxylic acids is 1. The molecule has 0 spiro atoms. The molecular weight excluding hydrogens is 176 g/mol. The predicted molar refractivity (Wildman–Crippen MR) is 43.4 cm³/mol. The topological polar surface area (TPSA) is 93.0 Å². The number of aliphatic hydroxyl groups excluding tert-OH is 3. The van der Waals surface area contributed by atoms with Gasteiger partial charge in [0.25, 0.3) is 0 Å². The summed E-state index contributed by atoms with van der Waals surface area (Å²) >= 11 is 0. The van der Waals surface area contributed by atoms with Crippen LogP contribution in [0.3, 0.4) is 0 Å². The molecule has 1 saturated heterocycles. The van der Waals surface area contributed by atoms with E-state index >= 15 is 0 Å². The molecule has 76 valence electrons. The van der Waals surface area contributed by atoms with Crippen molar-refractivity contribution in [2.24, 2.45) is 0 Å². The van der Waals surface area contributed by atoms with E-state index in [4.69, 9.17) is 5.11 Å². The van der Waals surface area contributed by atoms with E-state index in [1.807, 2.05) is 0 Å². The third-order valence-electron chi connectivity index (χ3n) is 2.08. The highest BCUT2D eigenvalue weighted by Crippen LogP contribution is 2.13. The van der Waals surface area contributed by atoms with Gasteiger partial charge in [0.1, 0.15) is 12.1 Å². The maximum Gasteiger partial charge on any atom is 0.233 e. The lowest BCUT2D eigenvalue weighted by molar-refractivity contribution is -0.137. The fraction of sp³-hybridized carbons (Fsp3) is 0.857. The van der Waals surface area contributed by atoms with Gasteiger partial charge in [0.2, 0.25) is 5.91 Å². The lowest BCUT2D eigenvalue weighted by Gasteiger charge is -2.27. The largest absolute Gasteiger partial charge is 0.394 e. The van der Waals surface area contributed by atoms with Crippen molar-refractivity contribution in [1.82, 2.24) is 10.4 Å². The van der Waals surface area contributed by atoms with Crippen molar-refractivity contribution in [3.05, 3.63) is 0 Å². The number of aliphatic hydroxyl groups is 3. The van der Waals surface area contributed by atoms with Crippen LogP contribution in [0.4, 0.5) is 0 Å². The standard InChI is InChI=1S/C7H14N2O4/c1-4(11)9-7(6(13)3-10)5(12)2-8-9/h5-8,10,12-13H,2-3H2,1H3/t5-,6+,7-/m0/s1. The van der Waals surface area contributed by atoms with Crippen molar-refractivity contribution in [2.75, 3.05) is 13.2 Å². The SMILES string of the molecule is CC(=O)N1NC[C@H](O)[C@H]1[C@H](O)CO. The van der Waals surface area contributed by atoms with Crippen LogP contribution in [0.1, 0.15) is 6.92 Å². The number of hydrazine groups is 1. The molecular formula is C7H14N2O4. The minimum absolute atomic E-state index is 0.210. The van der Waals surface area contributed by atoms with Crippen LogP contribution in [0.25, 0.3) is 0 Å². The summed E-state index contributed by atoms with van der Waals surface area (Å²) in [6, 6.07) is -0.762. The number of hydrogen-bond acceptors (Lipinski definition) is 5. The number of amides is 1. The van der Waals surface area contributed by atoms with Gasteiger partial charge in [0, 0.05) is 13.5 Å². The van der Waals surface area contributed by atoms with Crippen LogP contribution >= 0.6 is 0 Å². The van der Waals surface area contributed by atoms with Crippen molar-refractivity contribution in [1.29, 1.82) is 0 Å². The highest BCUT2D eigenvalue weighted by Gasteiger charge is 2.39. The Morgan fingerprint density at radius 2 is 2.38 bits per heavy atom. The normalized spacial score (nSPS) is 30.6. The van der Waals surface area contributed by atoms with E-state index in [0.29, 0.717) is 0 Å². The van der Waals surface area contributed by atoms with Gasteiger partial charge >= 0.3 is 0 Å². The Kier molecular flexibility index (Phi) is 3.21. The molecule has 0 aliphatic carbocycles. The van der Waals surface area contributed by atoms with Gasteiger partial charge in [-0.3, -0.25) is 9.80 Å². The summed E-state index contributed by atoms with van der Waals surface area (Å²) in [6.07, 6.45) is -1.96. The average molecular weight is 190 g/mol. The lowest BCUT2D eigenvalue weighted by atomic mass is 10.1. The van der Waals surface area contributed by atoms with E-state index in [2.05, 4.69) is 5.43 Å². The molecule has 0 bridgehead atoms. The molecule has 4 N–H and O–H groups in total. The number of hydrogen-bond donors (Lipinski definition) is 4. The van der Waals surface area contributed by atoms with Crippen LogP contribution in [-0.4, -0.2) is 57.6 Å². The Hall–Kier alpha value is -0.690. The van der Waals surface area contributed by atoms with Gasteiger partial charge in [-0.25, -0.2) is 5.43 Å². The summed E-state index contributed by atoms with van der Waals surface area (Å²) in [7, 11) is 0. The summed E-state index contributed by atoms with van der Waals surface area (Å²) in [5.41, 5.74) is 2.63. The van der Waals surface area contributed by atoms with Crippen LogP contribution < -0.4 is 5.43 Å². The molecule has 1 aliphatic rings. The zero-order chi connectivity index (χ0) is 10.0. The highest BCUT2D eigenvalue weighted by molar-refractivity contribution is 5.73. The second-order valence-corrected chi connectivity index (χ2v) is 3.06. The molecule has 3 atom stereocenters. The molecule has 6 nitrogen and oxygen atoms in total. The van der Waals surface area contributed by atoms with Crippen LogP contribution in [0.15, 0.2) is 0 Å². The minimum atomic E-state index is -1.12. The first-order valence-corrected chi connectivity index (χ1v) is 4.08. The average Bonchev–Trinajstić information content (AvgIpc) is 2.46. The molecule has 0 aromatic heterocycles. The molecule has 1 rings (SSSR count). The third-order valence-corrected chi connectivity index (χ3v) is 2.08. The summed E-state index contributed by atoms with van der Waals surface area (Å²) in [5.74, 6) is -0.297. The molecule has 0 aromatic rings. The Balaban J connectivity index is 2.70. The first-order chi connectivity index (χ1) is 6.07. The second kappa shape index (κ2) is 4.01. The molecule has 13 heavy (non-hydrogen) atoms. The first-order valence-electron chi connectivity index (χ1n) is 4.08. The number of rotatable bonds is 2. The second-order valence-electron chi connectivity index (χ2n) is 3.06. The minimum Gasteiger partial charge on any atom is -0.394 e. The number of carbonyl (C=O) groups is 1. The maximum absolute atomic E-state index is 11.0. The van der Waals surface area contributed by atoms with Crippen molar-refractivity contribution in [2.45, 2.75) is 25.2 Å². The molecule has 0 saturated carbocycles. The monoisotopic (exact) mass is 190 g/mol. The van der Waals surface area contributed by atoms with Crippen LogP contribution in [0, 0.1) is 0 Å². The Labute approximate surface area is 75.7 Å². The molecule has 1 heterocycles. The molecule has 0 aromatic carbocycles. The fourth-order valence-corrected chi connectivity index (χ4v) is 1.45. The molecule has 0 radical (unpaired) electrons. The Morgan fingerprint density at radius 3 is 2.85 bits per heavy atom. The Morgan fingerprint density at radius 1 is 1.77 bits per heavy atom. The summed E-state index contributed by atoms with van der Waals surface area (Å²) in [5, 5.41) is 28.5. The van der Waals surface area contributed by atoms with Crippen LogP contribution in [0.2, 0.25) is 0 Å². The van der Waals surface area contributed by atoms with E-state index in [0.717, 1.165) is 5.01 Å². The van der Waals surface area contributed by atoms with Crippen molar-refractivity contribution < 1.29 is 20.1 Å². The predicted octanol–water partition coefficient (Wildman–Crippen LogP) is -2.56. The summed E-state index contributed by atoms with van der Waals surface area (Å²) in [6.45, 7) is 1.05. The van der Waals surface area contributed by atoms with E-state index in [1.54, 1.807) is 0 Å². The lowest BCUT2D eigenvalue weighted by Crippen LogP contribution is -2.50. The summed E-state index contributed by atoms with van der Waals surface area (Å²) in [4.78, 5) is 11.0. The van der Waals surface area contributed by atoms with Gasteiger partial charge in [-0.1, -0.05) is 0 Å². The van der Waals surface area contributed by atoms with Crippen LogP contribution in [-0.2, 0) is 4.79 Å². The van der Waals surface area contributed by atoms with Gasteiger partial charge in [0.15, 0.2) is 0 Å². The van der Waals surface area contributed by atoms with Crippen molar-refractivity contribution in [3.8, 4) is 0 Å². The maximum atomic E-state index is 11.0. The Bertz CT molecular complexity index is 199. The fourth-order valence-electron chi connectivity index (χ4n) is 1.45. The quantitative estimate of drug-likeness (QED) is 0.384. The molecule has 0 unspecified atom stereocenters. The van der Waals surface area contributed by atoms with E-state index in [1.165, 1.54) is 6.92 Å². The zero-order valence-corrected chi connectivity index (χ0v) is 7.34. The number of nitrogens with one attached hydrogen (secondary N) is 1. The number of β-amino-alcohol motifs (C(OH)–C–C–N with tert-alkyl or cyclic N) is 1. The van der Waals surface area contributed by atoms with E-state index < -0.39 is 24.9 Å². The third kappa shape index (κ3) is 1.97. The van der Waals surface area contributed by atoms with Crippen molar-refractivity contribution >= 4 is 5.91 Å².